The van der Waals surface area contributed by atoms with E-state index in [1.165, 1.54) is 24.0 Å². The average molecular weight is 455 g/mol. The Morgan fingerprint density at radius 3 is 2.47 bits per heavy atom. The molecule has 2 aromatic carbocycles. The second-order valence-corrected chi connectivity index (χ2v) is 10.1. The Kier molecular flexibility index (Phi) is 6.48. The molecule has 32 heavy (non-hydrogen) atoms. The first kappa shape index (κ1) is 22.3. The molecule has 1 spiro atoms. The highest BCUT2D eigenvalue weighted by molar-refractivity contribution is 7.90. The van der Waals surface area contributed by atoms with E-state index in [1.807, 2.05) is 24.3 Å². The quantitative estimate of drug-likeness (QED) is 0.393. The Morgan fingerprint density at radius 2 is 1.81 bits per heavy atom. The number of benzene rings is 2. The maximum absolute atomic E-state index is 12.5. The van der Waals surface area contributed by atoms with Gasteiger partial charge >= 0.3 is 0 Å². The lowest BCUT2D eigenvalue weighted by atomic mass is 9.80. The number of hydrazine groups is 1. The van der Waals surface area contributed by atoms with Crippen molar-refractivity contribution in [2.75, 3.05) is 31.9 Å². The van der Waals surface area contributed by atoms with E-state index in [0.29, 0.717) is 12.2 Å². The summed E-state index contributed by atoms with van der Waals surface area (Å²) in [5.74, 6) is 0. The van der Waals surface area contributed by atoms with Crippen molar-refractivity contribution >= 4 is 28.3 Å². The number of hydrogen-bond acceptors (Lipinski definition) is 6. The molecule has 1 fully saturated rings. The van der Waals surface area contributed by atoms with E-state index in [9.17, 15) is 8.42 Å². The Morgan fingerprint density at radius 1 is 1.12 bits per heavy atom. The summed E-state index contributed by atoms with van der Waals surface area (Å²) in [6.45, 7) is 6.24. The van der Waals surface area contributed by atoms with Gasteiger partial charge in [-0.1, -0.05) is 30.3 Å². The summed E-state index contributed by atoms with van der Waals surface area (Å²) in [5.41, 5.74) is 7.51. The van der Waals surface area contributed by atoms with Crippen molar-refractivity contribution in [3.05, 3.63) is 60.2 Å². The minimum Gasteiger partial charge on any atom is -0.399 e. The third-order valence-electron chi connectivity index (χ3n) is 6.14. The number of hydrazone groups is 1. The van der Waals surface area contributed by atoms with Crippen molar-refractivity contribution < 1.29 is 8.42 Å². The van der Waals surface area contributed by atoms with Crippen LogP contribution >= 0.6 is 0 Å². The predicted molar refractivity (Wildman–Crippen MR) is 127 cm³/mol. The lowest BCUT2D eigenvalue weighted by Crippen LogP contribution is -2.45. The lowest BCUT2D eigenvalue weighted by Gasteiger charge is -2.38. The first-order valence-corrected chi connectivity index (χ1v) is 12.3. The summed E-state index contributed by atoms with van der Waals surface area (Å²) in [6.07, 6.45) is 5.45. The molecule has 0 aromatic heterocycles. The van der Waals surface area contributed by atoms with Gasteiger partial charge in [-0.3, -0.25) is 9.91 Å². The van der Waals surface area contributed by atoms with Crippen molar-refractivity contribution in [2.45, 2.75) is 31.2 Å². The lowest BCUT2D eigenvalue weighted by molar-refractivity contribution is 0.0311. The van der Waals surface area contributed by atoms with Gasteiger partial charge in [0.05, 0.1) is 11.4 Å². The number of nitrogens with two attached hydrogens (primary N) is 1. The molecule has 8 nitrogen and oxygen atoms in total. The van der Waals surface area contributed by atoms with Crippen LogP contribution in [0.3, 0.4) is 0 Å². The molecule has 2 aromatic rings. The minimum atomic E-state index is -3.80. The first-order valence-electron chi connectivity index (χ1n) is 10.9. The number of sulfonamides is 1. The molecule has 9 heteroatoms. The van der Waals surface area contributed by atoms with Crippen LogP contribution < -0.4 is 5.73 Å². The van der Waals surface area contributed by atoms with E-state index in [0.717, 1.165) is 39.0 Å². The van der Waals surface area contributed by atoms with Crippen LogP contribution in [0.4, 0.5) is 5.69 Å². The molecular formula is C23H30N6O2S. The van der Waals surface area contributed by atoms with E-state index in [4.69, 9.17) is 5.73 Å². The molecule has 2 N–H and O–H groups in total. The summed E-state index contributed by atoms with van der Waals surface area (Å²) in [6, 6.07) is 16.6. The molecule has 2 aliphatic heterocycles. The third kappa shape index (κ3) is 5.11. The highest BCUT2D eigenvalue weighted by Gasteiger charge is 2.39. The maximum Gasteiger partial charge on any atom is 0.283 e. The van der Waals surface area contributed by atoms with Crippen molar-refractivity contribution in [1.29, 1.82) is 0 Å². The number of piperidine rings is 1. The van der Waals surface area contributed by atoms with Gasteiger partial charge < -0.3 is 5.73 Å². The van der Waals surface area contributed by atoms with Crippen LogP contribution in [0.1, 0.15) is 25.3 Å². The van der Waals surface area contributed by atoms with Gasteiger partial charge in [-0.2, -0.15) is 13.5 Å². The van der Waals surface area contributed by atoms with Gasteiger partial charge in [-0.15, -0.1) is 4.40 Å². The zero-order chi connectivity index (χ0) is 22.6. The summed E-state index contributed by atoms with van der Waals surface area (Å²) in [5, 5.41) is 8.17. The van der Waals surface area contributed by atoms with E-state index in [-0.39, 0.29) is 10.3 Å². The summed E-state index contributed by atoms with van der Waals surface area (Å²) in [4.78, 5) is 2.60. The molecule has 0 atom stereocenters. The molecule has 4 rings (SSSR count). The summed E-state index contributed by atoms with van der Waals surface area (Å²) >= 11 is 0. The highest BCUT2D eigenvalue weighted by atomic mass is 32.2. The van der Waals surface area contributed by atoms with Gasteiger partial charge in [-0.05, 0) is 62.7 Å². The molecule has 0 unspecified atom stereocenters. The SMILES string of the molecule is CCN(C=NS(=O)(=O)c1ccc(N)cc1)N1CC2(C=N1)CCN(Cc1ccccc1)CC2. The molecular weight excluding hydrogens is 424 g/mol. The van der Waals surface area contributed by atoms with Crippen molar-refractivity contribution in [3.8, 4) is 0 Å². The van der Waals surface area contributed by atoms with Crippen LogP contribution in [0.5, 0.6) is 0 Å². The van der Waals surface area contributed by atoms with Gasteiger partial charge in [0.1, 0.15) is 6.34 Å². The van der Waals surface area contributed by atoms with Gasteiger partial charge in [0.25, 0.3) is 10.0 Å². The first-order chi connectivity index (χ1) is 15.4. The molecule has 170 valence electrons. The summed E-state index contributed by atoms with van der Waals surface area (Å²) < 4.78 is 28.9. The Hall–Kier alpha value is -2.91. The number of rotatable bonds is 7. The van der Waals surface area contributed by atoms with Gasteiger partial charge in [0.15, 0.2) is 0 Å². The largest absolute Gasteiger partial charge is 0.399 e. The topological polar surface area (TPSA) is 94.6 Å². The van der Waals surface area contributed by atoms with Crippen molar-refractivity contribution in [2.24, 2.45) is 14.9 Å². The van der Waals surface area contributed by atoms with E-state index >= 15 is 0 Å². The van der Waals surface area contributed by atoms with Crippen LogP contribution in [-0.4, -0.2) is 62.2 Å². The van der Waals surface area contributed by atoms with Crippen LogP contribution in [0.15, 0.2) is 69.0 Å². The van der Waals surface area contributed by atoms with Gasteiger partial charge in [0, 0.05) is 30.4 Å². The molecule has 0 saturated carbocycles. The smallest absolute Gasteiger partial charge is 0.283 e. The second-order valence-electron chi connectivity index (χ2n) is 8.42. The molecule has 2 heterocycles. The van der Waals surface area contributed by atoms with Crippen molar-refractivity contribution in [3.63, 3.8) is 0 Å². The maximum atomic E-state index is 12.5. The number of nitrogen functional groups attached to an aromatic ring is 1. The minimum absolute atomic E-state index is 0.0181. The third-order valence-corrected chi connectivity index (χ3v) is 7.38. The predicted octanol–water partition coefficient (Wildman–Crippen LogP) is 2.81. The van der Waals surface area contributed by atoms with E-state index < -0.39 is 10.0 Å². The second kappa shape index (κ2) is 9.30. The molecule has 0 aliphatic carbocycles. The Bertz CT molecular complexity index is 1060. The van der Waals surface area contributed by atoms with Crippen LogP contribution in [-0.2, 0) is 16.6 Å². The van der Waals surface area contributed by atoms with Crippen LogP contribution in [0.2, 0.25) is 0 Å². The number of likely N-dealkylation sites (tertiary alicyclic amines) is 1. The standard InChI is InChI=1S/C23H30N6O2S/c1-2-28(19-26-32(30,31)22-10-8-21(24)9-11-22)29-18-23(17-25-29)12-14-27(15-13-23)16-20-6-4-3-5-7-20/h3-11,17,19H,2,12-16,18,24H2,1H3. The van der Waals surface area contributed by atoms with E-state index in [1.54, 1.807) is 17.1 Å². The zero-order valence-corrected chi connectivity index (χ0v) is 19.2. The van der Waals surface area contributed by atoms with E-state index in [2.05, 4.69) is 38.7 Å². The molecule has 0 radical (unpaired) electrons. The monoisotopic (exact) mass is 454 g/mol. The fourth-order valence-corrected chi connectivity index (χ4v) is 4.95. The Labute approximate surface area is 190 Å². The van der Waals surface area contributed by atoms with Crippen LogP contribution in [0, 0.1) is 5.41 Å². The number of hydrogen-bond donors (Lipinski definition) is 1. The normalized spacial score (nSPS) is 18.6. The molecule has 0 bridgehead atoms. The fraction of sp³-hybridized carbons (Fsp3) is 0.391. The Balaban J connectivity index is 1.35. The fourth-order valence-electron chi connectivity index (χ4n) is 4.12. The van der Waals surface area contributed by atoms with Gasteiger partial charge in [-0.25, -0.2) is 5.12 Å². The van der Waals surface area contributed by atoms with Crippen molar-refractivity contribution in [1.82, 2.24) is 15.0 Å². The molecule has 2 aliphatic rings. The molecule has 0 amide bonds. The number of nitrogens with zero attached hydrogens (tertiary/aromatic N) is 5. The van der Waals surface area contributed by atoms with Crippen LogP contribution in [0.25, 0.3) is 0 Å². The summed E-state index contributed by atoms with van der Waals surface area (Å²) in [7, 11) is -3.80. The highest BCUT2D eigenvalue weighted by Crippen LogP contribution is 2.35. The average Bonchev–Trinajstić information content (AvgIpc) is 3.20. The zero-order valence-electron chi connectivity index (χ0n) is 18.3. The van der Waals surface area contributed by atoms with Gasteiger partial charge in [0.2, 0.25) is 0 Å². The number of anilines is 1. The molecule has 1 saturated heterocycles.